The Morgan fingerprint density at radius 2 is 1.97 bits per heavy atom. The molecular formula is C21H26F2N6O2. The number of nitrogens with one attached hydrogen (secondary N) is 1. The third kappa shape index (κ3) is 3.98. The van der Waals surface area contributed by atoms with Gasteiger partial charge in [-0.1, -0.05) is 0 Å². The number of aryl methyl sites for hydroxylation is 3. The largest absolute Gasteiger partial charge is 0.467 e. The molecule has 1 saturated carbocycles. The summed E-state index contributed by atoms with van der Waals surface area (Å²) >= 11 is 0. The van der Waals surface area contributed by atoms with E-state index in [9.17, 15) is 13.6 Å². The van der Waals surface area contributed by atoms with Gasteiger partial charge in [-0.15, -0.1) is 0 Å². The normalized spacial score (nSPS) is 15.0. The molecule has 3 heterocycles. The lowest BCUT2D eigenvalue weighted by molar-refractivity contribution is -0.123. The van der Waals surface area contributed by atoms with Crippen LogP contribution in [0.25, 0.3) is 11.0 Å². The molecule has 0 bridgehead atoms. The first-order valence-electron chi connectivity index (χ1n) is 10.2. The van der Waals surface area contributed by atoms with Crippen molar-refractivity contribution in [2.45, 2.75) is 52.0 Å². The highest BCUT2D eigenvalue weighted by atomic mass is 19.3. The average molecular weight is 432 g/mol. The first-order chi connectivity index (χ1) is 14.7. The van der Waals surface area contributed by atoms with Gasteiger partial charge in [-0.25, -0.2) is 8.78 Å². The van der Waals surface area contributed by atoms with Crippen LogP contribution in [0.15, 0.2) is 6.07 Å². The molecule has 3 aromatic rings. The summed E-state index contributed by atoms with van der Waals surface area (Å²) < 4.78 is 36.3. The zero-order valence-electron chi connectivity index (χ0n) is 18.2. The van der Waals surface area contributed by atoms with Crippen molar-refractivity contribution in [3.05, 3.63) is 34.3 Å². The van der Waals surface area contributed by atoms with E-state index in [1.807, 2.05) is 27.8 Å². The Labute approximate surface area is 178 Å². The summed E-state index contributed by atoms with van der Waals surface area (Å²) in [5.41, 5.74) is 3.58. The van der Waals surface area contributed by atoms with Gasteiger partial charge in [-0.05, 0) is 33.6 Å². The zero-order valence-corrected chi connectivity index (χ0v) is 18.2. The number of carbonyl (C=O) groups is 1. The quantitative estimate of drug-likeness (QED) is 0.619. The summed E-state index contributed by atoms with van der Waals surface area (Å²) in [7, 11) is 3.52. The predicted octanol–water partition coefficient (Wildman–Crippen LogP) is 3.39. The van der Waals surface area contributed by atoms with E-state index in [1.165, 1.54) is 10.7 Å². The van der Waals surface area contributed by atoms with Gasteiger partial charge in [0.05, 0.1) is 22.8 Å². The Balaban J connectivity index is 1.51. The number of hydrogen-bond donors (Lipinski definition) is 1. The number of hydrogen-bond acceptors (Lipinski definition) is 5. The molecule has 1 aliphatic carbocycles. The summed E-state index contributed by atoms with van der Waals surface area (Å²) in [6.07, 6.45) is -0.803. The summed E-state index contributed by atoms with van der Waals surface area (Å²) in [4.78, 5) is 16.8. The second kappa shape index (κ2) is 7.90. The smallest absolute Gasteiger partial charge is 0.264 e. The highest BCUT2D eigenvalue weighted by Gasteiger charge is 2.32. The molecule has 1 aliphatic rings. The summed E-state index contributed by atoms with van der Waals surface area (Å²) in [5, 5.41) is 12.0. The highest BCUT2D eigenvalue weighted by molar-refractivity contribution is 5.84. The number of pyridine rings is 1. The molecule has 1 unspecified atom stereocenters. The van der Waals surface area contributed by atoms with E-state index in [1.54, 1.807) is 11.7 Å². The van der Waals surface area contributed by atoms with Crippen molar-refractivity contribution in [2.24, 2.45) is 14.1 Å². The van der Waals surface area contributed by atoms with Crippen molar-refractivity contribution in [1.82, 2.24) is 29.9 Å². The molecule has 0 radical (unpaired) electrons. The van der Waals surface area contributed by atoms with E-state index in [-0.39, 0.29) is 35.9 Å². The molecule has 1 atom stereocenters. The molecule has 10 heteroatoms. The van der Waals surface area contributed by atoms with E-state index in [0.29, 0.717) is 16.7 Å². The van der Waals surface area contributed by atoms with E-state index in [0.717, 1.165) is 29.8 Å². The van der Waals surface area contributed by atoms with Crippen LogP contribution in [0.3, 0.4) is 0 Å². The van der Waals surface area contributed by atoms with Crippen molar-refractivity contribution >= 4 is 16.9 Å². The van der Waals surface area contributed by atoms with Gasteiger partial charge in [0.25, 0.3) is 12.3 Å². The molecule has 0 aromatic carbocycles. The van der Waals surface area contributed by atoms with Crippen molar-refractivity contribution < 1.29 is 18.3 Å². The summed E-state index contributed by atoms with van der Waals surface area (Å²) in [6, 6.07) is 0.946. The fraction of sp³-hybridized carbons (Fsp3) is 0.524. The lowest BCUT2D eigenvalue weighted by atomic mass is 10.1. The maximum atomic E-state index is 13.8. The van der Waals surface area contributed by atoms with Crippen LogP contribution in [-0.4, -0.2) is 37.1 Å². The predicted molar refractivity (Wildman–Crippen MR) is 110 cm³/mol. The van der Waals surface area contributed by atoms with Crippen LogP contribution in [-0.2, 0) is 18.9 Å². The number of ether oxygens (including phenoxy) is 1. The van der Waals surface area contributed by atoms with Crippen molar-refractivity contribution in [2.75, 3.05) is 6.61 Å². The highest BCUT2D eigenvalue weighted by Crippen LogP contribution is 2.44. The minimum Gasteiger partial charge on any atom is -0.467 e. The molecule has 0 aliphatic heterocycles. The van der Waals surface area contributed by atoms with E-state index >= 15 is 0 Å². The van der Waals surface area contributed by atoms with Gasteiger partial charge in [0.15, 0.2) is 12.3 Å². The lowest BCUT2D eigenvalue weighted by Gasteiger charge is -2.15. The maximum Gasteiger partial charge on any atom is 0.264 e. The topological polar surface area (TPSA) is 86.9 Å². The minimum atomic E-state index is -2.69. The Morgan fingerprint density at radius 1 is 1.26 bits per heavy atom. The molecular weight excluding hydrogens is 406 g/mol. The van der Waals surface area contributed by atoms with Gasteiger partial charge in [0.2, 0.25) is 5.88 Å². The Kier molecular flexibility index (Phi) is 5.40. The molecule has 31 heavy (non-hydrogen) atoms. The third-order valence-corrected chi connectivity index (χ3v) is 5.75. The van der Waals surface area contributed by atoms with Crippen LogP contribution in [0.4, 0.5) is 8.78 Å². The van der Waals surface area contributed by atoms with Crippen molar-refractivity contribution in [3.63, 3.8) is 0 Å². The van der Waals surface area contributed by atoms with Gasteiger partial charge in [-0.3, -0.25) is 14.2 Å². The Bertz CT molecular complexity index is 1150. The second-order valence-corrected chi connectivity index (χ2v) is 8.12. The standard InChI is InChI=1S/C21H26F2N6O2/c1-10(17-11(2)26-28(4)12(17)3)24-15(30)9-31-16-8-14(20(22)23)18-19(13-6-7-13)27-29(5)21(18)25-16/h8,10,13,20H,6-7,9H2,1-5H3,(H,24,30). The molecule has 3 aromatic heterocycles. The first-order valence-corrected chi connectivity index (χ1v) is 10.2. The van der Waals surface area contributed by atoms with Crippen LogP contribution in [0.5, 0.6) is 5.88 Å². The van der Waals surface area contributed by atoms with Gasteiger partial charge >= 0.3 is 0 Å². The van der Waals surface area contributed by atoms with Crippen molar-refractivity contribution in [1.29, 1.82) is 0 Å². The van der Waals surface area contributed by atoms with E-state index in [4.69, 9.17) is 4.74 Å². The van der Waals surface area contributed by atoms with E-state index in [2.05, 4.69) is 20.5 Å². The molecule has 0 spiro atoms. The number of fused-ring (bicyclic) bond motifs is 1. The molecule has 8 nitrogen and oxygen atoms in total. The number of aromatic nitrogens is 5. The number of amides is 1. The molecule has 0 saturated heterocycles. The molecule has 1 fully saturated rings. The van der Waals surface area contributed by atoms with Gasteiger partial charge in [0, 0.05) is 42.9 Å². The van der Waals surface area contributed by atoms with Crippen LogP contribution >= 0.6 is 0 Å². The van der Waals surface area contributed by atoms with Gasteiger partial charge in [-0.2, -0.15) is 15.2 Å². The molecule has 1 N–H and O–H groups in total. The van der Waals surface area contributed by atoms with Gasteiger partial charge in [0.1, 0.15) is 0 Å². The first kappa shape index (κ1) is 21.2. The monoisotopic (exact) mass is 432 g/mol. The minimum absolute atomic E-state index is 0.0234. The Morgan fingerprint density at radius 3 is 2.55 bits per heavy atom. The fourth-order valence-electron chi connectivity index (χ4n) is 4.08. The van der Waals surface area contributed by atoms with Crippen LogP contribution in [0.2, 0.25) is 0 Å². The maximum absolute atomic E-state index is 13.8. The van der Waals surface area contributed by atoms with Crippen LogP contribution in [0.1, 0.15) is 66.4 Å². The lowest BCUT2D eigenvalue weighted by Crippen LogP contribution is -2.31. The van der Waals surface area contributed by atoms with Crippen LogP contribution < -0.4 is 10.1 Å². The Hall–Kier alpha value is -3.04. The van der Waals surface area contributed by atoms with Crippen LogP contribution in [0, 0.1) is 13.8 Å². The molecule has 1 amide bonds. The summed E-state index contributed by atoms with van der Waals surface area (Å²) in [6.45, 7) is 5.35. The fourth-order valence-corrected chi connectivity index (χ4v) is 4.08. The average Bonchev–Trinajstić information content (AvgIpc) is 3.44. The SMILES string of the molecule is Cc1nn(C)c(C)c1C(C)NC(=O)COc1cc(C(F)F)c2c(C3CC3)nn(C)c2n1. The zero-order chi connectivity index (χ0) is 22.4. The van der Waals surface area contributed by atoms with Crippen molar-refractivity contribution in [3.8, 4) is 5.88 Å². The molecule has 4 rings (SSSR count). The number of carbonyl (C=O) groups excluding carboxylic acids is 1. The van der Waals surface area contributed by atoms with E-state index < -0.39 is 6.43 Å². The number of rotatable bonds is 7. The number of nitrogens with zero attached hydrogens (tertiary/aromatic N) is 5. The van der Waals surface area contributed by atoms with Gasteiger partial charge < -0.3 is 10.1 Å². The molecule has 166 valence electrons. The third-order valence-electron chi connectivity index (χ3n) is 5.75. The second-order valence-electron chi connectivity index (χ2n) is 8.12. The number of halogens is 2. The number of alkyl halides is 2. The summed E-state index contributed by atoms with van der Waals surface area (Å²) in [5.74, 6) is -0.189.